The minimum atomic E-state index is -0.335. The van der Waals surface area contributed by atoms with Crippen LogP contribution in [0.25, 0.3) is 21.3 Å². The minimum Gasteiger partial charge on any atom is -0.354 e. The maximum Gasteiger partial charge on any atom is 0.277 e. The molecule has 26 heavy (non-hydrogen) atoms. The number of aromatic amines is 1. The molecule has 0 aliphatic carbocycles. The van der Waals surface area contributed by atoms with Gasteiger partial charge in [-0.2, -0.15) is 5.10 Å². The highest BCUT2D eigenvalue weighted by atomic mass is 32.1. The van der Waals surface area contributed by atoms with Crippen molar-refractivity contribution in [2.24, 2.45) is 5.84 Å². The molecule has 0 aliphatic heterocycles. The highest BCUT2D eigenvalue weighted by Crippen LogP contribution is 2.37. The number of H-pyrrole nitrogens is 1. The molecule has 3 aromatic heterocycles. The summed E-state index contributed by atoms with van der Waals surface area (Å²) in [5, 5.41) is 11.3. The number of carbonyl (C=O) groups excluding carboxylic acids is 1. The van der Waals surface area contributed by atoms with Crippen LogP contribution in [0.2, 0.25) is 0 Å². The van der Waals surface area contributed by atoms with Gasteiger partial charge in [-0.05, 0) is 36.2 Å². The largest absolute Gasteiger partial charge is 0.354 e. The summed E-state index contributed by atoms with van der Waals surface area (Å²) in [7, 11) is 0. The molecule has 3 heterocycles. The molecule has 0 unspecified atom stereocenters. The number of anilines is 2. The molecule has 0 atom stereocenters. The maximum absolute atomic E-state index is 12.1. The van der Waals surface area contributed by atoms with Crippen molar-refractivity contribution in [3.63, 3.8) is 0 Å². The van der Waals surface area contributed by atoms with E-state index in [1.807, 2.05) is 37.3 Å². The van der Waals surface area contributed by atoms with E-state index in [4.69, 9.17) is 5.84 Å². The van der Waals surface area contributed by atoms with E-state index in [-0.39, 0.29) is 5.91 Å². The Labute approximate surface area is 153 Å². The average Bonchev–Trinajstić information content (AvgIpc) is 3.26. The van der Waals surface area contributed by atoms with Gasteiger partial charge in [0.15, 0.2) is 0 Å². The summed E-state index contributed by atoms with van der Waals surface area (Å²) in [5.41, 5.74) is 6.92. The number of hydrazine groups is 1. The molecule has 0 spiro atoms. The monoisotopic (exact) mass is 364 g/mol. The fraction of sp³-hybridized carbons (Fsp3) is 0.0556. The first-order valence-corrected chi connectivity index (χ1v) is 8.74. The number of carbonyl (C=O) groups is 1. The lowest BCUT2D eigenvalue weighted by molar-refractivity contribution is 0.0958. The number of hydrogen-bond acceptors (Lipinski definition) is 6. The number of nitrogens with zero attached hydrogens (tertiary/aromatic N) is 2. The van der Waals surface area contributed by atoms with Gasteiger partial charge < -0.3 is 5.32 Å². The Hall–Kier alpha value is -3.23. The fourth-order valence-electron chi connectivity index (χ4n) is 2.80. The van der Waals surface area contributed by atoms with E-state index >= 15 is 0 Å². The van der Waals surface area contributed by atoms with Crippen LogP contribution in [0, 0.1) is 6.92 Å². The van der Waals surface area contributed by atoms with E-state index < -0.39 is 0 Å². The Morgan fingerprint density at radius 1 is 1.19 bits per heavy atom. The summed E-state index contributed by atoms with van der Waals surface area (Å²) in [6.45, 7) is 2.01. The number of nitrogens with one attached hydrogen (secondary N) is 3. The zero-order valence-electron chi connectivity index (χ0n) is 13.9. The van der Waals surface area contributed by atoms with Crippen LogP contribution >= 0.6 is 11.3 Å². The molecule has 4 rings (SSSR count). The first-order valence-electron chi connectivity index (χ1n) is 7.92. The van der Waals surface area contributed by atoms with Crippen molar-refractivity contribution in [1.82, 2.24) is 20.6 Å². The van der Waals surface area contributed by atoms with Crippen LogP contribution in [0.4, 0.5) is 11.4 Å². The lowest BCUT2D eigenvalue weighted by Crippen LogP contribution is -2.29. The normalized spacial score (nSPS) is 10.8. The van der Waals surface area contributed by atoms with Gasteiger partial charge in [-0.25, -0.2) is 5.84 Å². The molecular formula is C18H16N6OS. The number of thiophene rings is 1. The van der Waals surface area contributed by atoms with Crippen molar-refractivity contribution in [2.45, 2.75) is 6.92 Å². The third-order valence-corrected chi connectivity index (χ3v) is 5.24. The third-order valence-electron chi connectivity index (χ3n) is 4.10. The van der Waals surface area contributed by atoms with E-state index in [0.717, 1.165) is 38.3 Å². The van der Waals surface area contributed by atoms with Crippen LogP contribution in [0.1, 0.15) is 15.2 Å². The molecule has 0 bridgehead atoms. The molecule has 1 aromatic carbocycles. The van der Waals surface area contributed by atoms with Crippen molar-refractivity contribution < 1.29 is 4.79 Å². The zero-order valence-corrected chi connectivity index (χ0v) is 14.7. The predicted molar refractivity (Wildman–Crippen MR) is 103 cm³/mol. The number of benzene rings is 1. The highest BCUT2D eigenvalue weighted by molar-refractivity contribution is 7.21. The SMILES string of the molecule is Cc1cn[nH]c1-c1ccc(Nc2c(C(=O)NN)sc3cnccc23)cc1. The van der Waals surface area contributed by atoms with Gasteiger partial charge in [-0.1, -0.05) is 12.1 Å². The second-order valence-corrected chi connectivity index (χ2v) is 6.83. The van der Waals surface area contributed by atoms with Crippen molar-refractivity contribution in [1.29, 1.82) is 0 Å². The van der Waals surface area contributed by atoms with Gasteiger partial charge >= 0.3 is 0 Å². The van der Waals surface area contributed by atoms with Gasteiger partial charge in [0.2, 0.25) is 0 Å². The molecule has 5 N–H and O–H groups in total. The molecule has 1 amide bonds. The lowest BCUT2D eigenvalue weighted by atomic mass is 10.1. The second-order valence-electron chi connectivity index (χ2n) is 5.78. The molecule has 0 saturated carbocycles. The summed E-state index contributed by atoms with van der Waals surface area (Å²) in [6, 6.07) is 9.81. The van der Waals surface area contributed by atoms with Crippen molar-refractivity contribution >= 4 is 38.7 Å². The Morgan fingerprint density at radius 3 is 2.69 bits per heavy atom. The van der Waals surface area contributed by atoms with Gasteiger partial charge in [-0.15, -0.1) is 11.3 Å². The van der Waals surface area contributed by atoms with Crippen LogP contribution in [0.15, 0.2) is 48.9 Å². The minimum absolute atomic E-state index is 0.335. The van der Waals surface area contributed by atoms with E-state index in [0.29, 0.717) is 4.88 Å². The quantitative estimate of drug-likeness (QED) is 0.252. The Morgan fingerprint density at radius 2 is 2.00 bits per heavy atom. The van der Waals surface area contributed by atoms with E-state index in [1.165, 1.54) is 11.3 Å². The summed E-state index contributed by atoms with van der Waals surface area (Å²) < 4.78 is 0.915. The fourth-order valence-corrected chi connectivity index (χ4v) is 3.83. The molecule has 0 saturated heterocycles. The van der Waals surface area contributed by atoms with Gasteiger partial charge in [0.05, 0.1) is 22.3 Å². The van der Waals surface area contributed by atoms with E-state index in [2.05, 4.69) is 25.9 Å². The Balaban J connectivity index is 1.71. The second kappa shape index (κ2) is 6.58. The van der Waals surface area contributed by atoms with E-state index in [9.17, 15) is 4.79 Å². The average molecular weight is 364 g/mol. The third kappa shape index (κ3) is 2.81. The first-order chi connectivity index (χ1) is 12.7. The number of rotatable bonds is 4. The summed E-state index contributed by atoms with van der Waals surface area (Å²) in [5.74, 6) is 5.00. The van der Waals surface area contributed by atoms with Crippen LogP contribution in [0.3, 0.4) is 0 Å². The predicted octanol–water partition coefficient (Wildman–Crippen LogP) is 3.34. The van der Waals surface area contributed by atoms with Crippen LogP contribution in [-0.4, -0.2) is 21.1 Å². The number of hydrogen-bond donors (Lipinski definition) is 4. The van der Waals surface area contributed by atoms with Crippen molar-refractivity contribution in [2.75, 3.05) is 5.32 Å². The molecule has 0 aliphatic rings. The molecule has 4 aromatic rings. The topological polar surface area (TPSA) is 109 Å². The van der Waals surface area contributed by atoms with Gasteiger partial charge in [-0.3, -0.25) is 20.3 Å². The van der Waals surface area contributed by atoms with E-state index in [1.54, 1.807) is 18.6 Å². The van der Waals surface area contributed by atoms with Gasteiger partial charge in [0.1, 0.15) is 4.88 Å². The Bertz CT molecular complexity index is 1080. The maximum atomic E-state index is 12.1. The molecule has 0 fully saturated rings. The van der Waals surface area contributed by atoms with Crippen LogP contribution in [0.5, 0.6) is 0 Å². The molecular weight excluding hydrogens is 348 g/mol. The lowest BCUT2D eigenvalue weighted by Gasteiger charge is -2.09. The van der Waals surface area contributed by atoms with Gasteiger partial charge in [0.25, 0.3) is 5.91 Å². The molecule has 7 nitrogen and oxygen atoms in total. The number of pyridine rings is 1. The summed E-state index contributed by atoms with van der Waals surface area (Å²) in [4.78, 5) is 16.8. The number of nitrogens with two attached hydrogens (primary N) is 1. The number of aromatic nitrogens is 3. The first kappa shape index (κ1) is 16.2. The molecule has 0 radical (unpaired) electrons. The number of fused-ring (bicyclic) bond motifs is 1. The standard InChI is InChI=1S/C18H16N6OS/c1-10-8-21-24-15(10)11-2-4-12(5-3-11)22-16-13-6-7-20-9-14(13)26-17(16)18(25)23-19/h2-9,22H,19H2,1H3,(H,21,24)(H,23,25). The van der Waals surface area contributed by atoms with Crippen molar-refractivity contribution in [3.8, 4) is 11.3 Å². The van der Waals surface area contributed by atoms with Crippen LogP contribution in [-0.2, 0) is 0 Å². The zero-order chi connectivity index (χ0) is 18.1. The smallest absolute Gasteiger partial charge is 0.277 e. The highest BCUT2D eigenvalue weighted by Gasteiger charge is 2.18. The molecule has 130 valence electrons. The summed E-state index contributed by atoms with van der Waals surface area (Å²) in [6.07, 6.45) is 5.24. The number of amides is 1. The summed E-state index contributed by atoms with van der Waals surface area (Å²) >= 11 is 1.35. The Kier molecular flexibility index (Phi) is 4.11. The van der Waals surface area contributed by atoms with Gasteiger partial charge in [0, 0.05) is 23.5 Å². The number of aryl methyl sites for hydroxylation is 1. The van der Waals surface area contributed by atoms with Crippen LogP contribution < -0.4 is 16.6 Å². The number of nitrogen functional groups attached to an aromatic ring is 1. The molecule has 8 heteroatoms. The van der Waals surface area contributed by atoms with Crippen molar-refractivity contribution in [3.05, 3.63) is 59.4 Å².